The fourth-order valence-electron chi connectivity index (χ4n) is 2.92. The second-order valence-electron chi connectivity index (χ2n) is 7.37. The number of pyridine rings is 1. The zero-order chi connectivity index (χ0) is 19.8. The van der Waals surface area contributed by atoms with Crippen molar-refractivity contribution in [2.45, 2.75) is 39.2 Å². The summed E-state index contributed by atoms with van der Waals surface area (Å²) in [6, 6.07) is 11.4. The van der Waals surface area contributed by atoms with E-state index in [4.69, 9.17) is 4.74 Å². The third-order valence-corrected chi connectivity index (χ3v) is 4.00. The van der Waals surface area contributed by atoms with Gasteiger partial charge in [-0.3, -0.25) is 4.79 Å². The molecule has 0 aliphatic carbocycles. The fraction of sp³-hybridized carbons (Fsp3) is 0.368. The van der Waals surface area contributed by atoms with E-state index in [1.54, 1.807) is 33.9 Å². The Morgan fingerprint density at radius 2 is 1.93 bits per heavy atom. The van der Waals surface area contributed by atoms with E-state index in [0.717, 1.165) is 5.56 Å². The number of hydrogen-bond donors (Lipinski definition) is 3. The average Bonchev–Trinajstić information content (AvgIpc) is 2.87. The Hall–Kier alpha value is -2.84. The standard InChI is InChI=1S/C19H24N4O4/c1-19(2,3)27-18(25)20-15-11-13-14(10-12-8-6-5-7-9-12)21-22(4)16(13)23(26)17(15)24/h5-9,11,18,20,25-26H,10H2,1-4H3. The molecule has 1 unspecified atom stereocenters. The number of fused-ring (bicyclic) bond motifs is 1. The molecule has 0 aliphatic rings. The summed E-state index contributed by atoms with van der Waals surface area (Å²) in [4.78, 5) is 12.4. The molecule has 3 rings (SSSR count). The number of ether oxygens (including phenoxy) is 1. The Kier molecular flexibility index (Phi) is 4.95. The van der Waals surface area contributed by atoms with E-state index < -0.39 is 17.6 Å². The van der Waals surface area contributed by atoms with Gasteiger partial charge in [0.2, 0.25) is 6.41 Å². The number of nitrogens with one attached hydrogen (secondary N) is 1. The maximum absolute atomic E-state index is 12.4. The van der Waals surface area contributed by atoms with Crippen LogP contribution in [0.4, 0.5) is 5.69 Å². The molecular formula is C19H24N4O4. The lowest BCUT2D eigenvalue weighted by Gasteiger charge is -2.24. The van der Waals surface area contributed by atoms with Crippen molar-refractivity contribution in [1.29, 1.82) is 0 Å². The van der Waals surface area contributed by atoms with Crippen molar-refractivity contribution >= 4 is 16.7 Å². The Labute approximate surface area is 156 Å². The van der Waals surface area contributed by atoms with Gasteiger partial charge in [-0.05, 0) is 32.4 Å². The zero-order valence-corrected chi connectivity index (χ0v) is 15.8. The number of aromatic nitrogens is 3. The lowest BCUT2D eigenvalue weighted by Crippen LogP contribution is -2.35. The SMILES string of the molecule is Cn1nc(Cc2ccccc2)c2cc(NC(O)OC(C)(C)C)c(=O)n(O)c21. The van der Waals surface area contributed by atoms with Gasteiger partial charge in [-0.2, -0.15) is 5.10 Å². The molecule has 2 heterocycles. The van der Waals surface area contributed by atoms with Gasteiger partial charge in [0.1, 0.15) is 5.69 Å². The van der Waals surface area contributed by atoms with Crippen molar-refractivity contribution in [1.82, 2.24) is 14.5 Å². The van der Waals surface area contributed by atoms with E-state index in [-0.39, 0.29) is 11.3 Å². The van der Waals surface area contributed by atoms with Crippen LogP contribution in [-0.4, -0.2) is 36.8 Å². The van der Waals surface area contributed by atoms with Crippen LogP contribution < -0.4 is 10.9 Å². The van der Waals surface area contributed by atoms with Crippen LogP contribution >= 0.6 is 0 Å². The second-order valence-corrected chi connectivity index (χ2v) is 7.37. The van der Waals surface area contributed by atoms with Crippen LogP contribution in [0.2, 0.25) is 0 Å². The second kappa shape index (κ2) is 7.05. The average molecular weight is 372 g/mol. The molecule has 8 heteroatoms. The first-order valence-electron chi connectivity index (χ1n) is 8.63. The number of aryl methyl sites for hydroxylation is 1. The van der Waals surface area contributed by atoms with Gasteiger partial charge in [0.15, 0.2) is 5.65 Å². The number of hydrogen-bond acceptors (Lipinski definition) is 6. The molecule has 8 nitrogen and oxygen atoms in total. The number of benzene rings is 1. The Balaban J connectivity index is 2.02. The minimum absolute atomic E-state index is 0.0176. The van der Waals surface area contributed by atoms with Crippen LogP contribution in [-0.2, 0) is 18.2 Å². The van der Waals surface area contributed by atoms with Crippen LogP contribution in [0.5, 0.6) is 0 Å². The molecule has 1 aromatic carbocycles. The van der Waals surface area contributed by atoms with Gasteiger partial charge in [-0.1, -0.05) is 30.3 Å². The molecule has 1 atom stereocenters. The predicted molar refractivity (Wildman–Crippen MR) is 102 cm³/mol. The van der Waals surface area contributed by atoms with Gasteiger partial charge >= 0.3 is 5.56 Å². The topological polar surface area (TPSA) is 102 Å². The van der Waals surface area contributed by atoms with Gasteiger partial charge in [0.25, 0.3) is 0 Å². The van der Waals surface area contributed by atoms with Crippen LogP contribution in [0.3, 0.4) is 0 Å². The third kappa shape index (κ3) is 4.12. The van der Waals surface area contributed by atoms with E-state index in [9.17, 15) is 15.1 Å². The van der Waals surface area contributed by atoms with Crippen LogP contribution in [0, 0.1) is 0 Å². The molecule has 2 aromatic heterocycles. The molecule has 0 fully saturated rings. The van der Waals surface area contributed by atoms with E-state index in [1.807, 2.05) is 30.3 Å². The highest BCUT2D eigenvalue weighted by atomic mass is 16.6. The molecule has 144 valence electrons. The molecule has 0 amide bonds. The molecule has 0 aliphatic heterocycles. The number of nitrogens with zero attached hydrogens (tertiary/aromatic N) is 3. The Morgan fingerprint density at radius 1 is 1.26 bits per heavy atom. The monoisotopic (exact) mass is 372 g/mol. The highest BCUT2D eigenvalue weighted by Gasteiger charge is 2.21. The van der Waals surface area contributed by atoms with Gasteiger partial charge in [-0.25, -0.2) is 4.68 Å². The molecule has 0 bridgehead atoms. The quantitative estimate of drug-likeness (QED) is 0.468. The summed E-state index contributed by atoms with van der Waals surface area (Å²) in [5.41, 5.74) is 0.747. The van der Waals surface area contributed by atoms with Crippen molar-refractivity contribution in [3.05, 3.63) is 58.0 Å². The number of rotatable bonds is 5. The molecule has 0 spiro atoms. The summed E-state index contributed by atoms with van der Waals surface area (Å²) in [6.45, 7) is 5.35. The lowest BCUT2D eigenvalue weighted by molar-refractivity contribution is -0.148. The zero-order valence-electron chi connectivity index (χ0n) is 15.8. The molecule has 0 saturated heterocycles. The summed E-state index contributed by atoms with van der Waals surface area (Å²) in [5, 5.41) is 28.0. The van der Waals surface area contributed by atoms with Crippen LogP contribution in [0.1, 0.15) is 32.0 Å². The van der Waals surface area contributed by atoms with Crippen LogP contribution in [0.25, 0.3) is 11.0 Å². The Morgan fingerprint density at radius 3 is 2.56 bits per heavy atom. The first-order chi connectivity index (χ1) is 12.7. The number of aliphatic hydroxyl groups is 1. The summed E-state index contributed by atoms with van der Waals surface area (Å²) in [5.74, 6) is 0. The predicted octanol–water partition coefficient (Wildman–Crippen LogP) is 2.07. The van der Waals surface area contributed by atoms with Crippen molar-refractivity contribution in [3.8, 4) is 0 Å². The van der Waals surface area contributed by atoms with Gasteiger partial charge < -0.3 is 20.4 Å². The number of aliphatic hydroxyl groups excluding tert-OH is 1. The first-order valence-corrected chi connectivity index (χ1v) is 8.63. The molecule has 0 saturated carbocycles. The fourth-order valence-corrected chi connectivity index (χ4v) is 2.92. The maximum Gasteiger partial charge on any atom is 0.308 e. The highest BCUT2D eigenvalue weighted by molar-refractivity contribution is 5.82. The molecule has 3 N–H and O–H groups in total. The highest BCUT2D eigenvalue weighted by Crippen LogP contribution is 2.22. The maximum atomic E-state index is 12.4. The van der Waals surface area contributed by atoms with Gasteiger partial charge in [-0.15, -0.1) is 4.73 Å². The molecular weight excluding hydrogens is 348 g/mol. The molecule has 27 heavy (non-hydrogen) atoms. The third-order valence-electron chi connectivity index (χ3n) is 4.00. The lowest BCUT2D eigenvalue weighted by atomic mass is 10.1. The molecule has 0 radical (unpaired) electrons. The number of anilines is 1. The van der Waals surface area contributed by atoms with Crippen molar-refractivity contribution in [3.63, 3.8) is 0 Å². The minimum Gasteiger partial charge on any atom is -0.423 e. The van der Waals surface area contributed by atoms with E-state index in [1.165, 1.54) is 4.68 Å². The summed E-state index contributed by atoms with van der Waals surface area (Å²) in [6.07, 6.45) is -0.860. The molecule has 3 aromatic rings. The normalized spacial score (nSPS) is 13.1. The van der Waals surface area contributed by atoms with Crippen molar-refractivity contribution in [2.75, 3.05) is 5.32 Å². The minimum atomic E-state index is -1.40. The van der Waals surface area contributed by atoms with Crippen LogP contribution in [0.15, 0.2) is 41.2 Å². The largest absolute Gasteiger partial charge is 0.423 e. The van der Waals surface area contributed by atoms with E-state index in [2.05, 4.69) is 10.4 Å². The summed E-state index contributed by atoms with van der Waals surface area (Å²) in [7, 11) is 1.66. The van der Waals surface area contributed by atoms with E-state index >= 15 is 0 Å². The smallest absolute Gasteiger partial charge is 0.308 e. The van der Waals surface area contributed by atoms with E-state index in [0.29, 0.717) is 22.2 Å². The van der Waals surface area contributed by atoms with Crippen molar-refractivity contribution in [2.24, 2.45) is 7.05 Å². The van der Waals surface area contributed by atoms with Gasteiger partial charge in [0, 0.05) is 18.9 Å². The van der Waals surface area contributed by atoms with Crippen molar-refractivity contribution < 1.29 is 15.1 Å². The Bertz CT molecular complexity index is 1000. The summed E-state index contributed by atoms with van der Waals surface area (Å²) >= 11 is 0. The van der Waals surface area contributed by atoms with Gasteiger partial charge in [0.05, 0.1) is 11.3 Å². The summed E-state index contributed by atoms with van der Waals surface area (Å²) < 4.78 is 7.36. The first kappa shape index (κ1) is 18.9.